The number of benzene rings is 1. The second-order valence-corrected chi connectivity index (χ2v) is 7.24. The van der Waals surface area contributed by atoms with Gasteiger partial charge in [0, 0.05) is 10.7 Å². The van der Waals surface area contributed by atoms with E-state index in [2.05, 4.69) is 6.92 Å². The molecule has 0 bridgehead atoms. The van der Waals surface area contributed by atoms with Gasteiger partial charge >= 0.3 is 5.97 Å². The van der Waals surface area contributed by atoms with E-state index in [4.69, 9.17) is 15.4 Å². The molecule has 0 aliphatic rings. The predicted octanol–water partition coefficient (Wildman–Crippen LogP) is 3.66. The Hall–Kier alpha value is -1.07. The van der Waals surface area contributed by atoms with Gasteiger partial charge < -0.3 is 4.74 Å². The zero-order valence-electron chi connectivity index (χ0n) is 11.7. The van der Waals surface area contributed by atoms with E-state index in [1.165, 1.54) is 12.1 Å². The van der Waals surface area contributed by atoms with Crippen molar-refractivity contribution in [2.45, 2.75) is 44.4 Å². The first kappa shape index (κ1) is 17.0. The lowest BCUT2D eigenvalue weighted by Crippen LogP contribution is -2.08. The number of unbranched alkanes of at least 4 members (excludes halogenated alkanes) is 3. The SMILES string of the molecule is CCCCCCOC(=O)c1cc(C)cc(S(=O)(=O)Cl)c1. The van der Waals surface area contributed by atoms with Gasteiger partial charge in [-0.2, -0.15) is 0 Å². The summed E-state index contributed by atoms with van der Waals surface area (Å²) in [6.07, 6.45) is 4.05. The van der Waals surface area contributed by atoms with Gasteiger partial charge in [0.1, 0.15) is 0 Å². The van der Waals surface area contributed by atoms with Crippen molar-refractivity contribution in [3.05, 3.63) is 29.3 Å². The first-order chi connectivity index (χ1) is 9.34. The molecular formula is C14H19ClO4S. The maximum Gasteiger partial charge on any atom is 0.338 e. The smallest absolute Gasteiger partial charge is 0.338 e. The van der Waals surface area contributed by atoms with E-state index in [0.717, 1.165) is 25.7 Å². The number of hydrogen-bond acceptors (Lipinski definition) is 4. The quantitative estimate of drug-likeness (QED) is 0.437. The predicted molar refractivity (Wildman–Crippen MR) is 78.6 cm³/mol. The van der Waals surface area contributed by atoms with Crippen LogP contribution in [0.3, 0.4) is 0 Å². The molecule has 0 aromatic heterocycles. The normalized spacial score (nSPS) is 11.3. The third kappa shape index (κ3) is 5.51. The number of rotatable bonds is 7. The van der Waals surface area contributed by atoms with Crippen molar-refractivity contribution >= 4 is 25.7 Å². The second kappa shape index (κ2) is 7.64. The van der Waals surface area contributed by atoms with Gasteiger partial charge in [0.05, 0.1) is 17.1 Å². The number of ether oxygens (including phenoxy) is 1. The Balaban J connectivity index is 2.71. The van der Waals surface area contributed by atoms with Crippen LogP contribution in [0.5, 0.6) is 0 Å². The fourth-order valence-electron chi connectivity index (χ4n) is 1.78. The number of esters is 1. The van der Waals surface area contributed by atoms with E-state index in [9.17, 15) is 13.2 Å². The van der Waals surface area contributed by atoms with E-state index in [-0.39, 0.29) is 10.5 Å². The molecule has 0 N–H and O–H groups in total. The molecule has 112 valence electrons. The highest BCUT2D eigenvalue weighted by molar-refractivity contribution is 8.13. The number of carbonyl (C=O) groups is 1. The fraction of sp³-hybridized carbons (Fsp3) is 0.500. The maximum absolute atomic E-state index is 11.8. The monoisotopic (exact) mass is 318 g/mol. The van der Waals surface area contributed by atoms with E-state index in [1.54, 1.807) is 13.0 Å². The van der Waals surface area contributed by atoms with Crippen LogP contribution in [0.25, 0.3) is 0 Å². The standard InChI is InChI=1S/C14H19ClO4S/c1-3-4-5-6-7-19-14(16)12-8-11(2)9-13(10-12)20(15,17)18/h8-10H,3-7H2,1-2H3. The van der Waals surface area contributed by atoms with Crippen molar-refractivity contribution in [3.63, 3.8) is 0 Å². The zero-order chi connectivity index (χ0) is 15.2. The van der Waals surface area contributed by atoms with Crippen molar-refractivity contribution in [2.24, 2.45) is 0 Å². The highest BCUT2D eigenvalue weighted by Crippen LogP contribution is 2.19. The average Bonchev–Trinajstić information content (AvgIpc) is 2.36. The summed E-state index contributed by atoms with van der Waals surface area (Å²) in [5, 5.41) is 0. The molecule has 0 spiro atoms. The molecule has 0 aliphatic carbocycles. The Morgan fingerprint density at radius 3 is 2.50 bits per heavy atom. The van der Waals surface area contributed by atoms with Crippen molar-refractivity contribution in [2.75, 3.05) is 6.61 Å². The Kier molecular flexibility index (Phi) is 6.49. The molecule has 0 amide bonds. The minimum atomic E-state index is -3.85. The summed E-state index contributed by atoms with van der Waals surface area (Å²) in [7, 11) is 1.44. The largest absolute Gasteiger partial charge is 0.462 e. The van der Waals surface area contributed by atoms with Crippen molar-refractivity contribution in [1.82, 2.24) is 0 Å². The maximum atomic E-state index is 11.8. The minimum Gasteiger partial charge on any atom is -0.462 e. The molecule has 0 aliphatic heterocycles. The summed E-state index contributed by atoms with van der Waals surface area (Å²) in [6, 6.07) is 4.24. The van der Waals surface area contributed by atoms with Gasteiger partial charge in [0.25, 0.3) is 9.05 Å². The molecule has 0 unspecified atom stereocenters. The van der Waals surface area contributed by atoms with E-state index < -0.39 is 15.0 Å². The molecule has 0 atom stereocenters. The van der Waals surface area contributed by atoms with Crippen LogP contribution in [-0.2, 0) is 13.8 Å². The molecule has 0 heterocycles. The van der Waals surface area contributed by atoms with E-state index in [1.807, 2.05) is 0 Å². The highest BCUT2D eigenvalue weighted by atomic mass is 35.7. The van der Waals surface area contributed by atoms with Crippen molar-refractivity contribution in [1.29, 1.82) is 0 Å². The van der Waals surface area contributed by atoms with Gasteiger partial charge in [-0.15, -0.1) is 0 Å². The van der Waals surface area contributed by atoms with Crippen LogP contribution in [0.2, 0.25) is 0 Å². The van der Waals surface area contributed by atoms with Gasteiger partial charge in [0.15, 0.2) is 0 Å². The molecule has 0 radical (unpaired) electrons. The first-order valence-corrected chi connectivity index (χ1v) is 8.89. The van der Waals surface area contributed by atoms with Crippen LogP contribution >= 0.6 is 10.7 Å². The fourth-order valence-corrected chi connectivity index (χ4v) is 2.65. The molecule has 0 saturated heterocycles. The Morgan fingerprint density at radius 2 is 1.90 bits per heavy atom. The summed E-state index contributed by atoms with van der Waals surface area (Å²) < 4.78 is 27.7. The van der Waals surface area contributed by atoms with Gasteiger partial charge in [0.2, 0.25) is 0 Å². The molecule has 4 nitrogen and oxygen atoms in total. The lowest BCUT2D eigenvalue weighted by molar-refractivity contribution is 0.0497. The van der Waals surface area contributed by atoms with Crippen LogP contribution < -0.4 is 0 Å². The summed E-state index contributed by atoms with van der Waals surface area (Å²) in [5.41, 5.74) is 0.851. The lowest BCUT2D eigenvalue weighted by Gasteiger charge is -2.07. The van der Waals surface area contributed by atoms with Crippen molar-refractivity contribution in [3.8, 4) is 0 Å². The van der Waals surface area contributed by atoms with Crippen LogP contribution in [0, 0.1) is 6.92 Å². The van der Waals surface area contributed by atoms with Gasteiger partial charge in [-0.3, -0.25) is 0 Å². The molecule has 1 rings (SSSR count). The third-order valence-corrected chi connectivity index (χ3v) is 4.13. The molecule has 20 heavy (non-hydrogen) atoms. The van der Waals surface area contributed by atoms with Crippen molar-refractivity contribution < 1.29 is 17.9 Å². The van der Waals surface area contributed by atoms with Gasteiger partial charge in [-0.25, -0.2) is 13.2 Å². The molecular weight excluding hydrogens is 300 g/mol. The minimum absolute atomic E-state index is 0.0860. The summed E-state index contributed by atoms with van der Waals surface area (Å²) in [4.78, 5) is 11.8. The topological polar surface area (TPSA) is 60.4 Å². The van der Waals surface area contributed by atoms with Crippen LogP contribution in [0.15, 0.2) is 23.1 Å². The average molecular weight is 319 g/mol. The van der Waals surface area contributed by atoms with Crippen LogP contribution in [0.1, 0.15) is 48.5 Å². The van der Waals surface area contributed by atoms with E-state index >= 15 is 0 Å². The number of hydrogen-bond donors (Lipinski definition) is 0. The number of halogens is 1. The van der Waals surface area contributed by atoms with Gasteiger partial charge in [-0.05, 0) is 37.1 Å². The Morgan fingerprint density at radius 1 is 1.20 bits per heavy atom. The molecule has 6 heteroatoms. The molecule has 0 saturated carbocycles. The van der Waals surface area contributed by atoms with E-state index in [0.29, 0.717) is 12.2 Å². The molecule has 0 fully saturated rings. The molecule has 1 aromatic carbocycles. The van der Waals surface area contributed by atoms with Crippen LogP contribution in [0.4, 0.5) is 0 Å². The van der Waals surface area contributed by atoms with Crippen LogP contribution in [-0.4, -0.2) is 21.0 Å². The summed E-state index contributed by atoms with van der Waals surface area (Å²) in [5.74, 6) is -0.522. The number of carbonyl (C=O) groups excluding carboxylic acids is 1. The zero-order valence-corrected chi connectivity index (χ0v) is 13.3. The third-order valence-electron chi connectivity index (χ3n) is 2.80. The highest BCUT2D eigenvalue weighted by Gasteiger charge is 2.15. The second-order valence-electron chi connectivity index (χ2n) is 4.67. The molecule has 1 aromatic rings. The Labute approximate surface area is 124 Å². The summed E-state index contributed by atoms with van der Waals surface area (Å²) >= 11 is 0. The Bertz CT molecular complexity index is 567. The number of aryl methyl sites for hydroxylation is 1. The lowest BCUT2D eigenvalue weighted by atomic mass is 10.1. The summed E-state index contributed by atoms with van der Waals surface area (Å²) in [6.45, 7) is 4.15. The van der Waals surface area contributed by atoms with Gasteiger partial charge in [-0.1, -0.05) is 26.2 Å². The first-order valence-electron chi connectivity index (χ1n) is 6.58.